The summed E-state index contributed by atoms with van der Waals surface area (Å²) in [6, 6.07) is 14.1. The summed E-state index contributed by atoms with van der Waals surface area (Å²) in [6.45, 7) is 3.76. The van der Waals surface area contributed by atoms with E-state index in [4.69, 9.17) is 23.2 Å². The highest BCUT2D eigenvalue weighted by molar-refractivity contribution is 6.42. The van der Waals surface area contributed by atoms with Gasteiger partial charge in [-0.1, -0.05) is 53.5 Å². The van der Waals surface area contributed by atoms with E-state index in [1.807, 2.05) is 18.2 Å². The molecule has 0 amide bonds. The third-order valence-corrected chi connectivity index (χ3v) is 3.63. The van der Waals surface area contributed by atoms with Crippen molar-refractivity contribution in [2.24, 2.45) is 0 Å². The lowest BCUT2D eigenvalue weighted by Gasteiger charge is -2.08. The van der Waals surface area contributed by atoms with Crippen molar-refractivity contribution in [1.82, 2.24) is 5.32 Å². The Morgan fingerprint density at radius 2 is 1.72 bits per heavy atom. The van der Waals surface area contributed by atoms with Gasteiger partial charge in [-0.15, -0.1) is 0 Å². The summed E-state index contributed by atoms with van der Waals surface area (Å²) in [4.78, 5) is 0. The third kappa shape index (κ3) is 3.49. The molecular formula is C15H15Cl2N. The van der Waals surface area contributed by atoms with Crippen LogP contribution in [0, 0.1) is 6.92 Å². The number of benzene rings is 2. The minimum atomic E-state index is 0.597. The molecule has 1 N–H and O–H groups in total. The summed E-state index contributed by atoms with van der Waals surface area (Å²) < 4.78 is 0. The molecule has 0 aromatic heterocycles. The molecule has 2 aromatic rings. The van der Waals surface area contributed by atoms with Crippen LogP contribution in [0.3, 0.4) is 0 Å². The summed E-state index contributed by atoms with van der Waals surface area (Å²) in [5.74, 6) is 0. The van der Waals surface area contributed by atoms with Crippen LogP contribution in [-0.2, 0) is 13.1 Å². The van der Waals surface area contributed by atoms with Crippen LogP contribution < -0.4 is 5.32 Å². The number of rotatable bonds is 4. The molecule has 1 nitrogen and oxygen atoms in total. The van der Waals surface area contributed by atoms with Gasteiger partial charge in [0, 0.05) is 13.1 Å². The maximum Gasteiger partial charge on any atom is 0.0595 e. The van der Waals surface area contributed by atoms with E-state index in [1.54, 1.807) is 0 Å². The molecule has 0 fully saturated rings. The van der Waals surface area contributed by atoms with Crippen LogP contribution in [0.25, 0.3) is 0 Å². The molecule has 0 aliphatic heterocycles. The van der Waals surface area contributed by atoms with Crippen molar-refractivity contribution < 1.29 is 0 Å². The molecule has 0 heterocycles. The Balaban J connectivity index is 1.92. The minimum Gasteiger partial charge on any atom is -0.309 e. The Bertz CT molecular complexity index is 538. The van der Waals surface area contributed by atoms with Gasteiger partial charge in [0.05, 0.1) is 10.0 Å². The maximum atomic E-state index is 5.98. The molecule has 0 saturated heterocycles. The van der Waals surface area contributed by atoms with Crippen molar-refractivity contribution in [3.05, 3.63) is 69.2 Å². The number of nitrogens with one attached hydrogen (secondary N) is 1. The normalized spacial score (nSPS) is 10.6. The van der Waals surface area contributed by atoms with Gasteiger partial charge in [0.1, 0.15) is 0 Å². The molecule has 18 heavy (non-hydrogen) atoms. The molecule has 0 bridgehead atoms. The van der Waals surface area contributed by atoms with Crippen LogP contribution in [0.4, 0.5) is 0 Å². The zero-order chi connectivity index (χ0) is 13.0. The molecule has 0 spiro atoms. The Kier molecular flexibility index (Phi) is 4.65. The predicted octanol–water partition coefficient (Wildman–Crippen LogP) is 4.59. The van der Waals surface area contributed by atoms with E-state index in [2.05, 4.69) is 36.5 Å². The van der Waals surface area contributed by atoms with Crippen molar-refractivity contribution in [3.8, 4) is 0 Å². The van der Waals surface area contributed by atoms with Gasteiger partial charge in [0.2, 0.25) is 0 Å². The van der Waals surface area contributed by atoms with Gasteiger partial charge >= 0.3 is 0 Å². The predicted molar refractivity (Wildman–Crippen MR) is 78.2 cm³/mol. The Hall–Kier alpha value is -1.02. The Morgan fingerprint density at radius 1 is 0.944 bits per heavy atom. The molecule has 0 atom stereocenters. The molecule has 0 saturated carbocycles. The van der Waals surface area contributed by atoms with Gasteiger partial charge in [-0.3, -0.25) is 0 Å². The van der Waals surface area contributed by atoms with Gasteiger partial charge < -0.3 is 5.32 Å². The molecule has 94 valence electrons. The summed E-state index contributed by atoms with van der Waals surface area (Å²) in [6.07, 6.45) is 0. The van der Waals surface area contributed by atoms with Crippen molar-refractivity contribution >= 4 is 23.2 Å². The fourth-order valence-corrected chi connectivity index (χ4v) is 2.12. The van der Waals surface area contributed by atoms with Crippen LogP contribution in [0.15, 0.2) is 42.5 Å². The second-order valence-corrected chi connectivity index (χ2v) is 5.09. The Labute approximate surface area is 118 Å². The van der Waals surface area contributed by atoms with E-state index in [-0.39, 0.29) is 0 Å². The molecule has 0 aliphatic rings. The summed E-state index contributed by atoms with van der Waals surface area (Å²) in [5, 5.41) is 4.60. The first-order chi connectivity index (χ1) is 8.66. The highest BCUT2D eigenvalue weighted by atomic mass is 35.5. The molecule has 0 radical (unpaired) electrons. The average Bonchev–Trinajstić information content (AvgIpc) is 2.36. The first-order valence-electron chi connectivity index (χ1n) is 5.86. The van der Waals surface area contributed by atoms with E-state index in [9.17, 15) is 0 Å². The van der Waals surface area contributed by atoms with Crippen LogP contribution in [-0.4, -0.2) is 0 Å². The largest absolute Gasteiger partial charge is 0.309 e. The number of halogens is 2. The standard InChI is InChI=1S/C15H15Cl2N/c1-11-4-2-3-5-13(11)10-18-9-12-6-7-14(16)15(17)8-12/h2-8,18H,9-10H2,1H3. The van der Waals surface area contributed by atoms with Gasteiger partial charge in [0.15, 0.2) is 0 Å². The van der Waals surface area contributed by atoms with E-state index in [1.165, 1.54) is 11.1 Å². The number of hydrogen-bond acceptors (Lipinski definition) is 1. The zero-order valence-corrected chi connectivity index (χ0v) is 11.7. The van der Waals surface area contributed by atoms with Crippen LogP contribution in [0.2, 0.25) is 10.0 Å². The lowest BCUT2D eigenvalue weighted by atomic mass is 10.1. The fourth-order valence-electron chi connectivity index (χ4n) is 1.80. The Morgan fingerprint density at radius 3 is 2.44 bits per heavy atom. The number of aryl methyl sites for hydroxylation is 1. The molecule has 2 rings (SSSR count). The summed E-state index contributed by atoms with van der Waals surface area (Å²) in [7, 11) is 0. The van der Waals surface area contributed by atoms with Crippen LogP contribution in [0.5, 0.6) is 0 Å². The molecular weight excluding hydrogens is 265 g/mol. The first kappa shape index (κ1) is 13.4. The lowest BCUT2D eigenvalue weighted by molar-refractivity contribution is 0.691. The minimum absolute atomic E-state index is 0.597. The quantitative estimate of drug-likeness (QED) is 0.863. The zero-order valence-electron chi connectivity index (χ0n) is 10.2. The van der Waals surface area contributed by atoms with Gasteiger partial charge in [-0.05, 0) is 35.7 Å². The summed E-state index contributed by atoms with van der Waals surface area (Å²) >= 11 is 11.9. The molecule has 3 heteroatoms. The van der Waals surface area contributed by atoms with Gasteiger partial charge in [-0.25, -0.2) is 0 Å². The average molecular weight is 280 g/mol. The van der Waals surface area contributed by atoms with E-state index >= 15 is 0 Å². The van der Waals surface area contributed by atoms with Crippen molar-refractivity contribution in [2.75, 3.05) is 0 Å². The highest BCUT2D eigenvalue weighted by Crippen LogP contribution is 2.22. The lowest BCUT2D eigenvalue weighted by Crippen LogP contribution is -2.13. The molecule has 0 aliphatic carbocycles. The summed E-state index contributed by atoms with van der Waals surface area (Å²) in [5.41, 5.74) is 3.76. The van der Waals surface area contributed by atoms with Crippen molar-refractivity contribution in [1.29, 1.82) is 0 Å². The van der Waals surface area contributed by atoms with Gasteiger partial charge in [-0.2, -0.15) is 0 Å². The van der Waals surface area contributed by atoms with E-state index < -0.39 is 0 Å². The highest BCUT2D eigenvalue weighted by Gasteiger charge is 2.00. The molecule has 2 aromatic carbocycles. The SMILES string of the molecule is Cc1ccccc1CNCc1ccc(Cl)c(Cl)c1. The van der Waals surface area contributed by atoms with E-state index in [0.717, 1.165) is 18.7 Å². The second-order valence-electron chi connectivity index (χ2n) is 4.28. The van der Waals surface area contributed by atoms with Crippen LogP contribution in [0.1, 0.15) is 16.7 Å². The molecule has 0 unspecified atom stereocenters. The number of hydrogen-bond donors (Lipinski definition) is 1. The smallest absolute Gasteiger partial charge is 0.0595 e. The van der Waals surface area contributed by atoms with Crippen molar-refractivity contribution in [2.45, 2.75) is 20.0 Å². The monoisotopic (exact) mass is 279 g/mol. The third-order valence-electron chi connectivity index (χ3n) is 2.89. The maximum absolute atomic E-state index is 5.98. The van der Waals surface area contributed by atoms with Crippen molar-refractivity contribution in [3.63, 3.8) is 0 Å². The van der Waals surface area contributed by atoms with Crippen LogP contribution >= 0.6 is 23.2 Å². The van der Waals surface area contributed by atoms with E-state index in [0.29, 0.717) is 10.0 Å². The van der Waals surface area contributed by atoms with Gasteiger partial charge in [0.25, 0.3) is 0 Å². The first-order valence-corrected chi connectivity index (χ1v) is 6.61. The fraction of sp³-hybridized carbons (Fsp3) is 0.200. The second kappa shape index (κ2) is 6.24. The topological polar surface area (TPSA) is 12.0 Å².